The van der Waals surface area contributed by atoms with Crippen molar-refractivity contribution in [3.63, 3.8) is 0 Å². The maximum atomic E-state index is 11.0. The van der Waals surface area contributed by atoms with Crippen LogP contribution in [0.2, 0.25) is 0 Å². The zero-order valence-electron chi connectivity index (χ0n) is 16.6. The number of aromatic nitrogens is 1. The number of nitrogens with one attached hydrogen (secondary N) is 1. The Kier molecular flexibility index (Phi) is 9.53. The lowest BCUT2D eigenvalue weighted by atomic mass is 10.0. The summed E-state index contributed by atoms with van der Waals surface area (Å²) in [5, 5.41) is 12.4. The molecule has 27 heavy (non-hydrogen) atoms. The van der Waals surface area contributed by atoms with Gasteiger partial charge in [0.1, 0.15) is 11.5 Å². The van der Waals surface area contributed by atoms with Gasteiger partial charge in [0.05, 0.1) is 0 Å². The molecule has 0 bridgehead atoms. The van der Waals surface area contributed by atoms with Gasteiger partial charge in [-0.25, -0.2) is 4.79 Å². The van der Waals surface area contributed by atoms with Crippen LogP contribution < -0.4 is 5.32 Å². The van der Waals surface area contributed by atoms with E-state index in [0.29, 0.717) is 5.69 Å². The van der Waals surface area contributed by atoms with Crippen molar-refractivity contribution in [3.05, 3.63) is 53.7 Å². The predicted octanol–water partition coefficient (Wildman–Crippen LogP) is 5.89. The minimum atomic E-state index is -0.884. The number of rotatable bonds is 14. The van der Waals surface area contributed by atoms with Gasteiger partial charge in [-0.15, -0.1) is 0 Å². The number of unbranched alkanes of at least 4 members (excludes halogenated alkanes) is 8. The number of anilines is 1. The van der Waals surface area contributed by atoms with Crippen molar-refractivity contribution in [1.29, 1.82) is 0 Å². The molecule has 0 amide bonds. The van der Waals surface area contributed by atoms with E-state index in [4.69, 9.17) is 5.11 Å². The molecule has 0 fully saturated rings. The number of aromatic carboxylic acids is 1. The summed E-state index contributed by atoms with van der Waals surface area (Å²) in [7, 11) is 1.78. The van der Waals surface area contributed by atoms with Gasteiger partial charge in [-0.1, -0.05) is 75.3 Å². The number of nitrogens with zero attached hydrogens (tertiary/aromatic N) is 1. The lowest BCUT2D eigenvalue weighted by Crippen LogP contribution is -2.09. The number of carboxylic acids is 1. The highest BCUT2D eigenvalue weighted by Gasteiger charge is 2.09. The molecular weight excluding hydrogens is 336 g/mol. The van der Waals surface area contributed by atoms with Crippen LogP contribution in [0.15, 0.2) is 42.5 Å². The molecule has 1 aromatic heterocycles. The highest BCUT2D eigenvalue weighted by molar-refractivity contribution is 5.86. The zero-order valence-corrected chi connectivity index (χ0v) is 16.6. The van der Waals surface area contributed by atoms with Crippen LogP contribution in [0.25, 0.3) is 0 Å². The summed E-state index contributed by atoms with van der Waals surface area (Å²) in [6.07, 6.45) is 12.9. The standard InChI is InChI=1S/C23H34N2O2/c1-25-21(23(26)27)17-18-22(25)24-19-13-8-6-4-2-3-5-7-10-14-20-15-11-9-12-16-20/h9,11-12,15-18,24H,2-8,10,13-14,19H2,1H3,(H,26,27). The second kappa shape index (κ2) is 12.2. The molecule has 0 spiro atoms. The van der Waals surface area contributed by atoms with E-state index < -0.39 is 5.97 Å². The fourth-order valence-electron chi connectivity index (χ4n) is 3.46. The van der Waals surface area contributed by atoms with Crippen LogP contribution >= 0.6 is 0 Å². The third kappa shape index (κ3) is 7.90. The molecule has 0 saturated heterocycles. The number of aryl methyl sites for hydroxylation is 1. The minimum Gasteiger partial charge on any atom is -0.477 e. The zero-order chi connectivity index (χ0) is 19.3. The van der Waals surface area contributed by atoms with Gasteiger partial charge in [-0.3, -0.25) is 0 Å². The Morgan fingerprint density at radius 3 is 2.04 bits per heavy atom. The quantitative estimate of drug-likeness (QED) is 0.408. The van der Waals surface area contributed by atoms with Crippen molar-refractivity contribution in [2.24, 2.45) is 7.05 Å². The Balaban J connectivity index is 1.39. The molecule has 1 aromatic carbocycles. The summed E-state index contributed by atoms with van der Waals surface area (Å²) in [6.45, 7) is 0.899. The van der Waals surface area contributed by atoms with Crippen LogP contribution in [0.1, 0.15) is 73.8 Å². The highest BCUT2D eigenvalue weighted by atomic mass is 16.4. The first-order chi connectivity index (χ1) is 13.2. The molecule has 0 atom stereocenters. The Hall–Kier alpha value is -2.23. The topological polar surface area (TPSA) is 54.3 Å². The molecular formula is C23H34N2O2. The number of hydrogen-bond acceptors (Lipinski definition) is 2. The lowest BCUT2D eigenvalue weighted by Gasteiger charge is -2.08. The van der Waals surface area contributed by atoms with Gasteiger partial charge in [0.2, 0.25) is 0 Å². The summed E-state index contributed by atoms with van der Waals surface area (Å²) in [4.78, 5) is 11.0. The van der Waals surface area contributed by atoms with Gasteiger partial charge in [-0.2, -0.15) is 0 Å². The third-order valence-corrected chi connectivity index (χ3v) is 5.13. The lowest BCUT2D eigenvalue weighted by molar-refractivity contribution is 0.0687. The molecule has 0 aliphatic rings. The first-order valence-corrected chi connectivity index (χ1v) is 10.4. The van der Waals surface area contributed by atoms with Crippen molar-refractivity contribution in [1.82, 2.24) is 4.57 Å². The second-order valence-corrected chi connectivity index (χ2v) is 7.31. The monoisotopic (exact) mass is 370 g/mol. The van der Waals surface area contributed by atoms with Crippen LogP contribution in [0.4, 0.5) is 5.82 Å². The van der Waals surface area contributed by atoms with E-state index in [1.165, 1.54) is 63.4 Å². The van der Waals surface area contributed by atoms with E-state index in [2.05, 4.69) is 35.6 Å². The molecule has 0 unspecified atom stereocenters. The molecule has 4 heteroatoms. The SMILES string of the molecule is Cn1c(NCCCCCCCCCCCc2ccccc2)ccc1C(=O)O. The van der Waals surface area contributed by atoms with Gasteiger partial charge in [0.25, 0.3) is 0 Å². The van der Waals surface area contributed by atoms with E-state index in [0.717, 1.165) is 18.8 Å². The normalized spacial score (nSPS) is 10.9. The number of carboxylic acid groups (broad SMARTS) is 1. The minimum absolute atomic E-state index is 0.321. The number of benzene rings is 1. The first kappa shape index (κ1) is 21.1. The van der Waals surface area contributed by atoms with Gasteiger partial charge in [0, 0.05) is 13.6 Å². The third-order valence-electron chi connectivity index (χ3n) is 5.13. The average Bonchev–Trinajstić information content (AvgIpc) is 3.04. The van der Waals surface area contributed by atoms with E-state index in [1.54, 1.807) is 17.7 Å². The second-order valence-electron chi connectivity index (χ2n) is 7.31. The average molecular weight is 371 g/mol. The van der Waals surface area contributed by atoms with Crippen molar-refractivity contribution in [2.75, 3.05) is 11.9 Å². The number of carbonyl (C=O) groups is 1. The summed E-state index contributed by atoms with van der Waals surface area (Å²) >= 11 is 0. The maximum Gasteiger partial charge on any atom is 0.352 e. The Bertz CT molecular complexity index is 664. The van der Waals surface area contributed by atoms with Crippen LogP contribution in [0.5, 0.6) is 0 Å². The van der Waals surface area contributed by atoms with E-state index in [9.17, 15) is 4.79 Å². The Morgan fingerprint density at radius 1 is 0.852 bits per heavy atom. The number of hydrogen-bond donors (Lipinski definition) is 2. The van der Waals surface area contributed by atoms with E-state index >= 15 is 0 Å². The first-order valence-electron chi connectivity index (χ1n) is 10.4. The van der Waals surface area contributed by atoms with Crippen LogP contribution in [-0.2, 0) is 13.5 Å². The van der Waals surface area contributed by atoms with Gasteiger partial charge >= 0.3 is 5.97 Å². The summed E-state index contributed by atoms with van der Waals surface area (Å²) in [6, 6.07) is 14.2. The molecule has 4 nitrogen and oxygen atoms in total. The van der Waals surface area contributed by atoms with Gasteiger partial charge in [-0.05, 0) is 37.0 Å². The van der Waals surface area contributed by atoms with Crippen molar-refractivity contribution in [3.8, 4) is 0 Å². The van der Waals surface area contributed by atoms with Crippen molar-refractivity contribution >= 4 is 11.8 Å². The fraction of sp³-hybridized carbons (Fsp3) is 0.522. The summed E-state index contributed by atoms with van der Waals surface area (Å²) in [5.41, 5.74) is 1.78. The maximum absolute atomic E-state index is 11.0. The molecule has 0 aliphatic carbocycles. The van der Waals surface area contributed by atoms with Crippen molar-refractivity contribution in [2.45, 2.75) is 64.2 Å². The molecule has 0 aliphatic heterocycles. The summed E-state index contributed by atoms with van der Waals surface area (Å²) < 4.78 is 1.69. The molecule has 2 aromatic rings. The molecule has 0 radical (unpaired) electrons. The molecule has 148 valence electrons. The van der Waals surface area contributed by atoms with Gasteiger partial charge in [0.15, 0.2) is 0 Å². The molecule has 1 heterocycles. The summed E-state index contributed by atoms with van der Waals surface area (Å²) in [5.74, 6) is -0.00600. The van der Waals surface area contributed by atoms with Gasteiger partial charge < -0.3 is 15.0 Å². The van der Waals surface area contributed by atoms with Crippen LogP contribution in [-0.4, -0.2) is 22.2 Å². The Labute approximate surface area is 163 Å². The highest BCUT2D eigenvalue weighted by Crippen LogP contribution is 2.14. The van der Waals surface area contributed by atoms with Crippen LogP contribution in [0.3, 0.4) is 0 Å². The largest absolute Gasteiger partial charge is 0.477 e. The molecule has 2 rings (SSSR count). The Morgan fingerprint density at radius 2 is 1.44 bits per heavy atom. The smallest absolute Gasteiger partial charge is 0.352 e. The fourth-order valence-corrected chi connectivity index (χ4v) is 3.46. The predicted molar refractivity (Wildman–Crippen MR) is 113 cm³/mol. The molecule has 2 N–H and O–H groups in total. The van der Waals surface area contributed by atoms with E-state index in [1.807, 2.05) is 6.07 Å². The van der Waals surface area contributed by atoms with E-state index in [-0.39, 0.29) is 0 Å². The molecule has 0 saturated carbocycles. The van der Waals surface area contributed by atoms with Crippen molar-refractivity contribution < 1.29 is 9.90 Å². The van der Waals surface area contributed by atoms with Crippen LogP contribution in [0, 0.1) is 0 Å².